The van der Waals surface area contributed by atoms with Gasteiger partial charge in [0, 0.05) is 6.04 Å². The lowest BCUT2D eigenvalue weighted by atomic mass is 10.1. The smallest absolute Gasteiger partial charge is 0.234 e. The van der Waals surface area contributed by atoms with E-state index in [-0.39, 0.29) is 5.91 Å². The van der Waals surface area contributed by atoms with Crippen LogP contribution in [0.5, 0.6) is 5.75 Å². The van der Waals surface area contributed by atoms with Crippen molar-refractivity contribution in [1.82, 2.24) is 10.2 Å². The Labute approximate surface area is 140 Å². The number of ether oxygens (including phenoxy) is 1. The molecule has 0 bridgehead atoms. The monoisotopic (exact) mass is 318 g/mol. The summed E-state index contributed by atoms with van der Waals surface area (Å²) in [6.45, 7) is 3.57. The molecule has 0 aliphatic heterocycles. The van der Waals surface area contributed by atoms with Gasteiger partial charge in [-0.15, -0.1) is 0 Å². The van der Waals surface area contributed by atoms with E-state index in [1.54, 1.807) is 0 Å². The maximum atomic E-state index is 12.0. The molecule has 1 aliphatic carbocycles. The van der Waals surface area contributed by atoms with E-state index in [9.17, 15) is 4.79 Å². The number of hydrogen-bond acceptors (Lipinski definition) is 3. The largest absolute Gasteiger partial charge is 0.492 e. The Hall–Kier alpha value is -1.55. The van der Waals surface area contributed by atoms with E-state index in [4.69, 9.17) is 4.74 Å². The van der Waals surface area contributed by atoms with Gasteiger partial charge in [0.05, 0.1) is 13.1 Å². The molecule has 1 N–H and O–H groups in total. The first-order valence-electron chi connectivity index (χ1n) is 8.81. The minimum Gasteiger partial charge on any atom is -0.492 e. The summed E-state index contributed by atoms with van der Waals surface area (Å²) in [4.78, 5) is 14.2. The highest BCUT2D eigenvalue weighted by molar-refractivity contribution is 5.77. The standard InChI is InChI=1S/C19H30N2O2/c1-16-8-7-11-18(14-16)23-13-12-20-19(22)15-21(2)17-9-5-3-4-6-10-17/h7-8,11,14,17H,3-6,9-10,12-13,15H2,1-2H3,(H,20,22). The number of amides is 1. The van der Waals surface area contributed by atoms with Gasteiger partial charge in [0.2, 0.25) is 5.91 Å². The molecule has 0 heterocycles. The lowest BCUT2D eigenvalue weighted by Crippen LogP contribution is -2.41. The third-order valence-electron chi connectivity index (χ3n) is 4.52. The second-order valence-electron chi connectivity index (χ2n) is 6.58. The van der Waals surface area contributed by atoms with Crippen LogP contribution < -0.4 is 10.1 Å². The van der Waals surface area contributed by atoms with E-state index in [2.05, 4.69) is 17.3 Å². The Morgan fingerprint density at radius 3 is 2.70 bits per heavy atom. The summed E-state index contributed by atoms with van der Waals surface area (Å²) in [6, 6.07) is 8.52. The van der Waals surface area contributed by atoms with E-state index in [0.717, 1.165) is 5.75 Å². The lowest BCUT2D eigenvalue weighted by molar-refractivity contribution is -0.122. The van der Waals surface area contributed by atoms with Gasteiger partial charge in [0.25, 0.3) is 0 Å². The average molecular weight is 318 g/mol. The number of carbonyl (C=O) groups excluding carboxylic acids is 1. The first kappa shape index (κ1) is 17.8. The fourth-order valence-electron chi connectivity index (χ4n) is 3.17. The average Bonchev–Trinajstić information content (AvgIpc) is 2.81. The predicted molar refractivity (Wildman–Crippen MR) is 93.8 cm³/mol. The summed E-state index contributed by atoms with van der Waals surface area (Å²) >= 11 is 0. The Kier molecular flexibility index (Phi) is 7.40. The Balaban J connectivity index is 1.62. The van der Waals surface area contributed by atoms with Crippen molar-refractivity contribution in [2.24, 2.45) is 0 Å². The van der Waals surface area contributed by atoms with Gasteiger partial charge >= 0.3 is 0 Å². The van der Waals surface area contributed by atoms with Crippen molar-refractivity contribution in [3.8, 4) is 5.75 Å². The zero-order chi connectivity index (χ0) is 16.5. The summed E-state index contributed by atoms with van der Waals surface area (Å²) < 4.78 is 5.65. The summed E-state index contributed by atoms with van der Waals surface area (Å²) in [6.07, 6.45) is 7.71. The van der Waals surface area contributed by atoms with Gasteiger partial charge in [0.15, 0.2) is 0 Å². The van der Waals surface area contributed by atoms with Crippen molar-refractivity contribution >= 4 is 5.91 Å². The third kappa shape index (κ3) is 6.61. The fraction of sp³-hybridized carbons (Fsp3) is 0.632. The topological polar surface area (TPSA) is 41.6 Å². The van der Waals surface area contributed by atoms with Crippen LogP contribution in [0.4, 0.5) is 0 Å². The van der Waals surface area contributed by atoms with E-state index < -0.39 is 0 Å². The number of benzene rings is 1. The molecule has 1 fully saturated rings. The summed E-state index contributed by atoms with van der Waals surface area (Å²) in [5.41, 5.74) is 1.18. The summed E-state index contributed by atoms with van der Waals surface area (Å²) in [7, 11) is 2.07. The molecule has 0 atom stereocenters. The van der Waals surface area contributed by atoms with Crippen molar-refractivity contribution in [3.05, 3.63) is 29.8 Å². The quantitative estimate of drug-likeness (QED) is 0.620. The summed E-state index contributed by atoms with van der Waals surface area (Å²) in [5.74, 6) is 0.944. The summed E-state index contributed by atoms with van der Waals surface area (Å²) in [5, 5.41) is 2.95. The van der Waals surface area contributed by atoms with Gasteiger partial charge in [-0.1, -0.05) is 37.8 Å². The molecule has 0 spiro atoms. The van der Waals surface area contributed by atoms with E-state index in [0.29, 0.717) is 25.7 Å². The minimum atomic E-state index is 0.0876. The highest BCUT2D eigenvalue weighted by atomic mass is 16.5. The second-order valence-corrected chi connectivity index (χ2v) is 6.58. The van der Waals surface area contributed by atoms with Gasteiger partial charge in [-0.3, -0.25) is 9.69 Å². The van der Waals surface area contributed by atoms with Gasteiger partial charge in [-0.25, -0.2) is 0 Å². The molecule has 2 rings (SSSR count). The minimum absolute atomic E-state index is 0.0876. The molecule has 1 aromatic rings. The van der Waals surface area contributed by atoms with Gasteiger partial charge in [0.1, 0.15) is 12.4 Å². The second kappa shape index (κ2) is 9.56. The van der Waals surface area contributed by atoms with Gasteiger partial charge in [-0.2, -0.15) is 0 Å². The zero-order valence-corrected chi connectivity index (χ0v) is 14.5. The highest BCUT2D eigenvalue weighted by Crippen LogP contribution is 2.20. The van der Waals surface area contributed by atoms with Crippen LogP contribution >= 0.6 is 0 Å². The molecular formula is C19H30N2O2. The molecule has 0 saturated heterocycles. The maximum Gasteiger partial charge on any atom is 0.234 e. The molecule has 4 nitrogen and oxygen atoms in total. The molecule has 0 aromatic heterocycles. The zero-order valence-electron chi connectivity index (χ0n) is 14.5. The van der Waals surface area contributed by atoms with Crippen molar-refractivity contribution in [2.75, 3.05) is 26.7 Å². The van der Waals surface area contributed by atoms with Crippen molar-refractivity contribution < 1.29 is 9.53 Å². The van der Waals surface area contributed by atoms with Crippen molar-refractivity contribution in [2.45, 2.75) is 51.5 Å². The molecule has 128 valence electrons. The van der Waals surface area contributed by atoms with Crippen molar-refractivity contribution in [3.63, 3.8) is 0 Å². The number of likely N-dealkylation sites (N-methyl/N-ethyl adjacent to an activating group) is 1. The van der Waals surface area contributed by atoms with Crippen molar-refractivity contribution in [1.29, 1.82) is 0 Å². The van der Waals surface area contributed by atoms with Crippen LogP contribution in [0.3, 0.4) is 0 Å². The molecule has 1 amide bonds. The number of rotatable bonds is 7. The Morgan fingerprint density at radius 1 is 1.26 bits per heavy atom. The first-order valence-corrected chi connectivity index (χ1v) is 8.81. The molecule has 1 aliphatic rings. The Morgan fingerprint density at radius 2 is 2.00 bits per heavy atom. The normalized spacial score (nSPS) is 16.1. The third-order valence-corrected chi connectivity index (χ3v) is 4.52. The van der Waals surface area contributed by atoms with Crippen LogP contribution in [-0.4, -0.2) is 43.6 Å². The molecule has 1 aromatic carbocycles. The number of nitrogens with one attached hydrogen (secondary N) is 1. The SMILES string of the molecule is Cc1cccc(OCCNC(=O)CN(C)C2CCCCCC2)c1. The number of carbonyl (C=O) groups is 1. The van der Waals surface area contributed by atoms with Crippen LogP contribution in [0.2, 0.25) is 0 Å². The number of nitrogens with zero attached hydrogens (tertiary/aromatic N) is 1. The van der Waals surface area contributed by atoms with Gasteiger partial charge < -0.3 is 10.1 Å². The Bertz CT molecular complexity index is 482. The fourth-order valence-corrected chi connectivity index (χ4v) is 3.17. The maximum absolute atomic E-state index is 12.0. The molecular weight excluding hydrogens is 288 g/mol. The molecule has 0 unspecified atom stereocenters. The van der Waals surface area contributed by atoms with Crippen LogP contribution in [0.15, 0.2) is 24.3 Å². The van der Waals surface area contributed by atoms with Crippen LogP contribution in [0.1, 0.15) is 44.1 Å². The molecule has 23 heavy (non-hydrogen) atoms. The van der Waals surface area contributed by atoms with E-state index >= 15 is 0 Å². The lowest BCUT2D eigenvalue weighted by Gasteiger charge is -2.26. The van der Waals surface area contributed by atoms with Gasteiger partial charge in [-0.05, 0) is 44.5 Å². The van der Waals surface area contributed by atoms with E-state index in [1.165, 1.54) is 44.1 Å². The molecule has 0 radical (unpaired) electrons. The van der Waals surface area contributed by atoms with E-state index in [1.807, 2.05) is 31.2 Å². The number of aryl methyl sites for hydroxylation is 1. The predicted octanol–water partition coefficient (Wildman–Crippen LogP) is 3.14. The van der Waals surface area contributed by atoms with Crippen LogP contribution in [0, 0.1) is 6.92 Å². The van der Waals surface area contributed by atoms with Crippen LogP contribution in [-0.2, 0) is 4.79 Å². The molecule has 4 heteroatoms. The van der Waals surface area contributed by atoms with Crippen LogP contribution in [0.25, 0.3) is 0 Å². The number of hydrogen-bond donors (Lipinski definition) is 1. The molecule has 1 saturated carbocycles. The highest BCUT2D eigenvalue weighted by Gasteiger charge is 2.18. The first-order chi connectivity index (χ1) is 11.1.